The van der Waals surface area contributed by atoms with E-state index >= 15 is 0 Å². The van der Waals surface area contributed by atoms with Crippen LogP contribution in [-0.4, -0.2) is 34.1 Å². The van der Waals surface area contributed by atoms with Crippen molar-refractivity contribution in [3.05, 3.63) is 53.6 Å². The summed E-state index contributed by atoms with van der Waals surface area (Å²) in [5.74, 6) is -2.35. The summed E-state index contributed by atoms with van der Waals surface area (Å²) >= 11 is 0. The van der Waals surface area contributed by atoms with E-state index in [2.05, 4.69) is 4.18 Å². The zero-order valence-corrected chi connectivity index (χ0v) is 12.8. The average Bonchev–Trinajstić information content (AvgIpc) is 2.43. The molecule has 8 nitrogen and oxygen atoms in total. The quantitative estimate of drug-likeness (QED) is 0.363. The third-order valence-electron chi connectivity index (χ3n) is 2.84. The van der Waals surface area contributed by atoms with Gasteiger partial charge in [-0.15, -0.1) is 0 Å². The van der Waals surface area contributed by atoms with Gasteiger partial charge in [-0.3, -0.25) is 9.35 Å². The first-order valence-corrected chi connectivity index (χ1v) is 7.76. The van der Waals surface area contributed by atoms with Gasteiger partial charge in [0.1, 0.15) is 28.6 Å². The number of aromatic hydroxyl groups is 3. The Kier molecular flexibility index (Phi) is 4.77. The van der Waals surface area contributed by atoms with Crippen molar-refractivity contribution in [1.29, 1.82) is 0 Å². The summed E-state index contributed by atoms with van der Waals surface area (Å²) in [5, 5.41) is 28.4. The lowest BCUT2D eigenvalue weighted by molar-refractivity contribution is 0.104. The normalized spacial score (nSPS) is 11.5. The van der Waals surface area contributed by atoms with E-state index in [4.69, 9.17) is 4.55 Å². The smallest absolute Gasteiger partial charge is 0.446 e. The highest BCUT2D eigenvalue weighted by molar-refractivity contribution is 7.81. The molecule has 24 heavy (non-hydrogen) atoms. The number of allylic oxidation sites excluding steroid dienone is 1. The first-order chi connectivity index (χ1) is 11.2. The van der Waals surface area contributed by atoms with E-state index in [1.165, 1.54) is 30.3 Å². The van der Waals surface area contributed by atoms with Crippen LogP contribution in [0, 0.1) is 0 Å². The van der Waals surface area contributed by atoms with Gasteiger partial charge in [0.25, 0.3) is 0 Å². The maximum absolute atomic E-state index is 12.0. The number of rotatable bonds is 5. The minimum absolute atomic E-state index is 0.116. The van der Waals surface area contributed by atoms with Gasteiger partial charge in [0.05, 0.1) is 0 Å². The largest absolute Gasteiger partial charge is 0.508 e. The van der Waals surface area contributed by atoms with Crippen molar-refractivity contribution in [3.63, 3.8) is 0 Å². The van der Waals surface area contributed by atoms with E-state index in [0.29, 0.717) is 5.56 Å². The number of benzene rings is 2. The number of hydrogen-bond acceptors (Lipinski definition) is 7. The molecule has 2 aromatic carbocycles. The monoisotopic (exact) mass is 352 g/mol. The van der Waals surface area contributed by atoms with Crippen molar-refractivity contribution < 1.29 is 37.3 Å². The lowest BCUT2D eigenvalue weighted by Crippen LogP contribution is -2.06. The molecule has 2 rings (SSSR count). The predicted octanol–water partition coefficient (Wildman–Crippen LogP) is 1.88. The molecule has 2 aromatic rings. The number of hydrogen-bond donors (Lipinski definition) is 4. The van der Waals surface area contributed by atoms with Crippen LogP contribution in [0.25, 0.3) is 6.08 Å². The highest BCUT2D eigenvalue weighted by atomic mass is 32.3. The molecule has 9 heteroatoms. The SMILES string of the molecule is O=C(/C=C/c1ccc(OS(=O)(=O)O)cc1)c1c(O)cc(O)cc1O. The molecular formula is C15H12O8S. The van der Waals surface area contributed by atoms with Crippen molar-refractivity contribution in [1.82, 2.24) is 0 Å². The highest BCUT2D eigenvalue weighted by Crippen LogP contribution is 2.32. The van der Waals surface area contributed by atoms with Crippen LogP contribution in [0.4, 0.5) is 0 Å². The van der Waals surface area contributed by atoms with E-state index in [1.54, 1.807) is 0 Å². The van der Waals surface area contributed by atoms with Gasteiger partial charge in [-0.25, -0.2) is 0 Å². The van der Waals surface area contributed by atoms with E-state index < -0.39 is 27.7 Å². The van der Waals surface area contributed by atoms with E-state index in [1.807, 2.05) is 0 Å². The molecule has 0 radical (unpaired) electrons. The second-order valence-electron chi connectivity index (χ2n) is 4.64. The number of ketones is 1. The molecule has 0 saturated heterocycles. The molecule has 0 aliphatic carbocycles. The summed E-state index contributed by atoms with van der Waals surface area (Å²) in [5.41, 5.74) is 0.124. The Morgan fingerprint density at radius 3 is 2.04 bits per heavy atom. The Balaban J connectivity index is 2.18. The Labute approximate surface area is 136 Å². The van der Waals surface area contributed by atoms with Crippen molar-refractivity contribution in [2.24, 2.45) is 0 Å². The maximum atomic E-state index is 12.0. The van der Waals surface area contributed by atoms with Crippen LogP contribution in [0.15, 0.2) is 42.5 Å². The van der Waals surface area contributed by atoms with Crippen LogP contribution < -0.4 is 4.18 Å². The summed E-state index contributed by atoms with van der Waals surface area (Å²) in [7, 11) is -4.61. The molecule has 0 saturated carbocycles. The number of carbonyl (C=O) groups is 1. The zero-order valence-electron chi connectivity index (χ0n) is 11.9. The fourth-order valence-corrected chi connectivity index (χ4v) is 2.22. The number of carbonyl (C=O) groups excluding carboxylic acids is 1. The molecule has 0 aromatic heterocycles. The molecule has 0 fully saturated rings. The molecule has 0 aliphatic rings. The molecule has 0 atom stereocenters. The van der Waals surface area contributed by atoms with Crippen LogP contribution in [0.1, 0.15) is 15.9 Å². The second kappa shape index (κ2) is 6.60. The van der Waals surface area contributed by atoms with Gasteiger partial charge in [0.2, 0.25) is 0 Å². The van der Waals surface area contributed by atoms with Gasteiger partial charge >= 0.3 is 10.4 Å². The van der Waals surface area contributed by atoms with Crippen molar-refractivity contribution >= 4 is 22.3 Å². The fraction of sp³-hybridized carbons (Fsp3) is 0. The molecular weight excluding hydrogens is 340 g/mol. The lowest BCUT2D eigenvalue weighted by atomic mass is 10.1. The highest BCUT2D eigenvalue weighted by Gasteiger charge is 2.15. The minimum atomic E-state index is -4.61. The van der Waals surface area contributed by atoms with Crippen molar-refractivity contribution in [2.75, 3.05) is 0 Å². The average molecular weight is 352 g/mol. The summed E-state index contributed by atoms with van der Waals surface area (Å²) in [4.78, 5) is 12.0. The number of phenolic OH excluding ortho intramolecular Hbond substituents is 3. The Bertz CT molecular complexity index is 875. The third kappa shape index (κ3) is 4.48. The Hall–Kier alpha value is -3.04. The Morgan fingerprint density at radius 1 is 1.00 bits per heavy atom. The van der Waals surface area contributed by atoms with Crippen LogP contribution in [0.3, 0.4) is 0 Å². The van der Waals surface area contributed by atoms with Gasteiger partial charge in [0, 0.05) is 12.1 Å². The van der Waals surface area contributed by atoms with E-state index in [-0.39, 0.29) is 17.1 Å². The molecule has 0 aliphatic heterocycles. The molecule has 0 spiro atoms. The summed E-state index contributed by atoms with van der Waals surface area (Å²) in [6.07, 6.45) is 2.43. The summed E-state index contributed by atoms with van der Waals surface area (Å²) in [6, 6.07) is 7.19. The number of phenols is 3. The van der Waals surface area contributed by atoms with E-state index in [0.717, 1.165) is 18.2 Å². The summed E-state index contributed by atoms with van der Waals surface area (Å²) in [6.45, 7) is 0. The van der Waals surface area contributed by atoms with Crippen LogP contribution >= 0.6 is 0 Å². The first kappa shape index (κ1) is 17.3. The van der Waals surface area contributed by atoms with Gasteiger partial charge in [-0.2, -0.15) is 8.42 Å². The van der Waals surface area contributed by atoms with Gasteiger partial charge in [0.15, 0.2) is 5.78 Å². The molecule has 0 amide bonds. The van der Waals surface area contributed by atoms with E-state index in [9.17, 15) is 28.5 Å². The topological polar surface area (TPSA) is 141 Å². The minimum Gasteiger partial charge on any atom is -0.508 e. The lowest BCUT2D eigenvalue weighted by Gasteiger charge is -2.04. The van der Waals surface area contributed by atoms with Crippen LogP contribution in [0.5, 0.6) is 23.0 Å². The molecule has 0 unspecified atom stereocenters. The zero-order chi connectivity index (χ0) is 17.9. The fourth-order valence-electron chi connectivity index (χ4n) is 1.86. The van der Waals surface area contributed by atoms with Crippen molar-refractivity contribution in [2.45, 2.75) is 0 Å². The second-order valence-corrected chi connectivity index (χ2v) is 5.66. The van der Waals surface area contributed by atoms with Gasteiger partial charge in [-0.1, -0.05) is 18.2 Å². The van der Waals surface area contributed by atoms with Gasteiger partial charge in [-0.05, 0) is 23.8 Å². The molecule has 4 N–H and O–H groups in total. The van der Waals surface area contributed by atoms with Crippen molar-refractivity contribution in [3.8, 4) is 23.0 Å². The molecule has 0 bridgehead atoms. The molecule has 126 valence electrons. The maximum Gasteiger partial charge on any atom is 0.446 e. The summed E-state index contributed by atoms with van der Waals surface area (Å²) < 4.78 is 33.9. The molecule has 0 heterocycles. The third-order valence-corrected chi connectivity index (χ3v) is 3.24. The predicted molar refractivity (Wildman–Crippen MR) is 83.4 cm³/mol. The van der Waals surface area contributed by atoms with Gasteiger partial charge < -0.3 is 19.5 Å². The van der Waals surface area contributed by atoms with Crippen LogP contribution in [-0.2, 0) is 10.4 Å². The first-order valence-electron chi connectivity index (χ1n) is 6.40. The Morgan fingerprint density at radius 2 is 1.54 bits per heavy atom. The van der Waals surface area contributed by atoms with Crippen LogP contribution in [0.2, 0.25) is 0 Å². The standard InChI is InChI=1S/C15H12O8S/c16-10-7-13(18)15(14(19)8-10)12(17)6-3-9-1-4-11(5-2-9)23-24(20,21)22/h1-8,16,18-19H,(H,20,21,22)/b6-3+.